The van der Waals surface area contributed by atoms with Crippen LogP contribution >= 0.6 is 22.9 Å². The first-order valence-electron chi connectivity index (χ1n) is 9.38. The number of anilines is 1. The standard InChI is InChI=1S/C22H22ClN3O3S/c1-13-12-30-22(24-13)26-18(11-17(25-26)14-5-7-16(23)8-6-14)15-9-19(27-2)21(29-4)20(10-15)28-3/h5-10,12,18H,11H2,1-4H3/t18-/m1/s1. The zero-order chi connectivity index (χ0) is 21.3. The Labute approximate surface area is 184 Å². The minimum atomic E-state index is -0.0602. The van der Waals surface area contributed by atoms with Crippen LogP contribution in [0, 0.1) is 6.92 Å². The molecule has 6 nitrogen and oxygen atoms in total. The second kappa shape index (κ2) is 8.53. The number of hydrogen-bond acceptors (Lipinski definition) is 7. The fourth-order valence-corrected chi connectivity index (χ4v) is 4.43. The lowest BCUT2D eigenvalue weighted by Crippen LogP contribution is -2.18. The molecule has 0 spiro atoms. The molecule has 0 fully saturated rings. The number of aromatic nitrogens is 1. The summed E-state index contributed by atoms with van der Waals surface area (Å²) in [5.41, 5.74) is 3.98. The third kappa shape index (κ3) is 3.82. The summed E-state index contributed by atoms with van der Waals surface area (Å²) in [6.07, 6.45) is 0.707. The van der Waals surface area contributed by atoms with Gasteiger partial charge in [0.1, 0.15) is 0 Å². The number of methoxy groups -OCH3 is 3. The maximum Gasteiger partial charge on any atom is 0.206 e. The number of aryl methyl sites for hydroxylation is 1. The second-order valence-electron chi connectivity index (χ2n) is 6.85. The molecular formula is C22H22ClN3O3S. The number of ether oxygens (including phenoxy) is 3. The van der Waals surface area contributed by atoms with Crippen molar-refractivity contribution in [3.8, 4) is 17.2 Å². The maximum atomic E-state index is 6.07. The van der Waals surface area contributed by atoms with Gasteiger partial charge in [-0.05, 0) is 42.3 Å². The molecule has 1 aliphatic heterocycles. The first kappa shape index (κ1) is 20.5. The monoisotopic (exact) mass is 443 g/mol. The SMILES string of the molecule is COc1cc([C@H]2CC(c3ccc(Cl)cc3)=NN2c2nc(C)cs2)cc(OC)c1OC. The van der Waals surface area contributed by atoms with Gasteiger partial charge in [-0.25, -0.2) is 9.99 Å². The van der Waals surface area contributed by atoms with Gasteiger partial charge in [-0.3, -0.25) is 0 Å². The Morgan fingerprint density at radius 3 is 2.23 bits per heavy atom. The van der Waals surface area contributed by atoms with E-state index in [9.17, 15) is 0 Å². The van der Waals surface area contributed by atoms with Gasteiger partial charge in [0.05, 0.1) is 38.8 Å². The van der Waals surface area contributed by atoms with Crippen LogP contribution in [0.15, 0.2) is 46.9 Å². The van der Waals surface area contributed by atoms with Crippen molar-refractivity contribution < 1.29 is 14.2 Å². The van der Waals surface area contributed by atoms with E-state index in [1.54, 1.807) is 32.7 Å². The summed E-state index contributed by atoms with van der Waals surface area (Å²) in [7, 11) is 4.84. The number of halogens is 1. The third-order valence-electron chi connectivity index (χ3n) is 4.96. The number of benzene rings is 2. The van der Waals surface area contributed by atoms with Crippen LogP contribution < -0.4 is 19.2 Å². The predicted octanol–water partition coefficient (Wildman–Crippen LogP) is 5.49. The molecule has 0 saturated heterocycles. The van der Waals surface area contributed by atoms with Gasteiger partial charge < -0.3 is 14.2 Å². The lowest BCUT2D eigenvalue weighted by atomic mass is 9.98. The Bertz CT molecular complexity index is 1060. The first-order chi connectivity index (χ1) is 14.5. The highest BCUT2D eigenvalue weighted by molar-refractivity contribution is 7.13. The van der Waals surface area contributed by atoms with E-state index >= 15 is 0 Å². The van der Waals surface area contributed by atoms with E-state index in [0.29, 0.717) is 28.7 Å². The van der Waals surface area contributed by atoms with Crippen LogP contribution in [0.3, 0.4) is 0 Å². The van der Waals surface area contributed by atoms with Gasteiger partial charge in [0.15, 0.2) is 11.5 Å². The third-order valence-corrected chi connectivity index (χ3v) is 6.16. The quantitative estimate of drug-likeness (QED) is 0.504. The Morgan fingerprint density at radius 1 is 1.03 bits per heavy atom. The molecule has 0 unspecified atom stereocenters. The van der Waals surface area contributed by atoms with Gasteiger partial charge in [-0.1, -0.05) is 23.7 Å². The van der Waals surface area contributed by atoms with Gasteiger partial charge in [0, 0.05) is 16.8 Å². The fourth-order valence-electron chi connectivity index (χ4n) is 3.50. The van der Waals surface area contributed by atoms with E-state index in [4.69, 9.17) is 30.9 Å². The van der Waals surface area contributed by atoms with Crippen molar-refractivity contribution in [2.75, 3.05) is 26.3 Å². The molecule has 1 atom stereocenters. The molecule has 2 heterocycles. The summed E-state index contributed by atoms with van der Waals surface area (Å²) in [5, 5.41) is 10.5. The fraction of sp³-hybridized carbons (Fsp3) is 0.273. The normalized spacial score (nSPS) is 15.8. The molecule has 0 amide bonds. The minimum absolute atomic E-state index is 0.0602. The summed E-state index contributed by atoms with van der Waals surface area (Å²) < 4.78 is 16.6. The van der Waals surface area contributed by atoms with E-state index in [-0.39, 0.29) is 6.04 Å². The molecule has 156 valence electrons. The lowest BCUT2D eigenvalue weighted by Gasteiger charge is -2.23. The van der Waals surface area contributed by atoms with Crippen LogP contribution in [0.25, 0.3) is 0 Å². The van der Waals surface area contributed by atoms with Crippen molar-refractivity contribution in [3.63, 3.8) is 0 Å². The predicted molar refractivity (Wildman–Crippen MR) is 121 cm³/mol. The maximum absolute atomic E-state index is 6.07. The zero-order valence-corrected chi connectivity index (χ0v) is 18.8. The molecule has 0 N–H and O–H groups in total. The van der Waals surface area contributed by atoms with Crippen LogP contribution in [0.2, 0.25) is 5.02 Å². The van der Waals surface area contributed by atoms with Crippen molar-refractivity contribution in [2.24, 2.45) is 5.10 Å². The average molecular weight is 444 g/mol. The van der Waals surface area contributed by atoms with Gasteiger partial charge in [-0.15, -0.1) is 11.3 Å². The second-order valence-corrected chi connectivity index (χ2v) is 8.12. The highest BCUT2D eigenvalue weighted by Gasteiger charge is 2.33. The smallest absolute Gasteiger partial charge is 0.206 e. The molecule has 8 heteroatoms. The highest BCUT2D eigenvalue weighted by atomic mass is 35.5. The Kier molecular flexibility index (Phi) is 5.83. The van der Waals surface area contributed by atoms with Crippen LogP contribution in [-0.4, -0.2) is 32.0 Å². The summed E-state index contributed by atoms with van der Waals surface area (Å²) >= 11 is 7.64. The number of hydrazone groups is 1. The molecule has 0 aliphatic carbocycles. The Hall–Kier alpha value is -2.77. The van der Waals surface area contributed by atoms with E-state index in [1.807, 2.05) is 53.7 Å². The zero-order valence-electron chi connectivity index (χ0n) is 17.2. The van der Waals surface area contributed by atoms with Crippen LogP contribution in [0.1, 0.15) is 29.3 Å². The number of nitrogens with zero attached hydrogens (tertiary/aromatic N) is 3. The molecule has 1 aromatic heterocycles. The van der Waals surface area contributed by atoms with E-state index in [0.717, 1.165) is 27.7 Å². The Morgan fingerprint density at radius 2 is 1.70 bits per heavy atom. The molecular weight excluding hydrogens is 422 g/mol. The van der Waals surface area contributed by atoms with E-state index in [1.165, 1.54) is 0 Å². The minimum Gasteiger partial charge on any atom is -0.493 e. The van der Waals surface area contributed by atoms with Crippen LogP contribution in [0.4, 0.5) is 5.13 Å². The molecule has 2 aromatic carbocycles. The summed E-state index contributed by atoms with van der Waals surface area (Å²) in [6.45, 7) is 1.98. The summed E-state index contributed by atoms with van der Waals surface area (Å²) in [6, 6.07) is 11.6. The van der Waals surface area contributed by atoms with E-state index in [2.05, 4.69) is 4.98 Å². The van der Waals surface area contributed by atoms with Crippen LogP contribution in [0.5, 0.6) is 17.2 Å². The van der Waals surface area contributed by atoms with Gasteiger partial charge in [-0.2, -0.15) is 5.10 Å². The van der Waals surface area contributed by atoms with Crippen molar-refractivity contribution in [1.29, 1.82) is 0 Å². The van der Waals surface area contributed by atoms with Gasteiger partial charge in [0.2, 0.25) is 10.9 Å². The summed E-state index contributed by atoms with van der Waals surface area (Å²) in [5.74, 6) is 1.79. The van der Waals surface area contributed by atoms with E-state index < -0.39 is 0 Å². The van der Waals surface area contributed by atoms with Crippen molar-refractivity contribution in [3.05, 3.63) is 63.6 Å². The van der Waals surface area contributed by atoms with Gasteiger partial charge in [0.25, 0.3) is 0 Å². The number of rotatable bonds is 6. The number of thiazole rings is 1. The molecule has 3 aromatic rings. The summed E-state index contributed by atoms with van der Waals surface area (Å²) in [4.78, 5) is 4.66. The largest absolute Gasteiger partial charge is 0.493 e. The lowest BCUT2D eigenvalue weighted by molar-refractivity contribution is 0.323. The van der Waals surface area contributed by atoms with Crippen molar-refractivity contribution in [2.45, 2.75) is 19.4 Å². The van der Waals surface area contributed by atoms with Crippen molar-refractivity contribution >= 4 is 33.8 Å². The first-order valence-corrected chi connectivity index (χ1v) is 10.6. The molecule has 30 heavy (non-hydrogen) atoms. The Balaban J connectivity index is 1.79. The number of hydrogen-bond donors (Lipinski definition) is 0. The topological polar surface area (TPSA) is 56.2 Å². The molecule has 1 aliphatic rings. The van der Waals surface area contributed by atoms with Gasteiger partial charge >= 0.3 is 0 Å². The van der Waals surface area contributed by atoms with Crippen molar-refractivity contribution in [1.82, 2.24) is 4.98 Å². The highest BCUT2D eigenvalue weighted by Crippen LogP contribution is 2.44. The van der Waals surface area contributed by atoms with Crippen LogP contribution in [-0.2, 0) is 0 Å². The molecule has 4 rings (SSSR count). The average Bonchev–Trinajstić information content (AvgIpc) is 3.39. The molecule has 0 radical (unpaired) electrons. The molecule has 0 saturated carbocycles. The molecule has 0 bridgehead atoms.